The Labute approximate surface area is 154 Å². The summed E-state index contributed by atoms with van der Waals surface area (Å²) in [5, 5.41) is 12.3. The summed E-state index contributed by atoms with van der Waals surface area (Å²) in [6.07, 6.45) is 0. The van der Waals surface area contributed by atoms with Crippen LogP contribution in [0.1, 0.15) is 10.4 Å². The molecule has 0 bridgehead atoms. The molecule has 12 heteroatoms. The lowest BCUT2D eigenvalue weighted by Gasteiger charge is -2.08. The third-order valence-corrected chi connectivity index (χ3v) is 5.06. The average Bonchev–Trinajstić information content (AvgIpc) is 2.49. The van der Waals surface area contributed by atoms with Gasteiger partial charge in [-0.25, -0.2) is 12.8 Å². The summed E-state index contributed by atoms with van der Waals surface area (Å²) in [5.41, 5.74) is -1.12. The number of nitro groups is 1. The van der Waals surface area contributed by atoms with E-state index in [1.807, 2.05) is 0 Å². The van der Waals surface area contributed by atoms with E-state index < -0.39 is 46.9 Å². The van der Waals surface area contributed by atoms with Crippen molar-refractivity contribution in [2.45, 2.75) is 4.90 Å². The van der Waals surface area contributed by atoms with Crippen LogP contribution < -0.4 is 5.32 Å². The van der Waals surface area contributed by atoms with Gasteiger partial charge in [0.15, 0.2) is 0 Å². The second kappa shape index (κ2) is 7.12. The van der Waals surface area contributed by atoms with Crippen LogP contribution >= 0.6 is 33.9 Å². The summed E-state index contributed by atoms with van der Waals surface area (Å²) >= 11 is 11.3. The molecule has 0 fully saturated rings. The molecular weight excluding hydrogens is 422 g/mol. The van der Waals surface area contributed by atoms with E-state index in [0.29, 0.717) is 0 Å². The number of hydrogen-bond donors (Lipinski definition) is 1. The van der Waals surface area contributed by atoms with Gasteiger partial charge >= 0.3 is 0 Å². The number of nitrogens with zero attached hydrogens (tertiary/aromatic N) is 1. The topological polar surface area (TPSA) is 106 Å². The van der Waals surface area contributed by atoms with Crippen molar-refractivity contribution in [2.75, 3.05) is 5.32 Å². The SMILES string of the molecule is O=C(Nc1ccc(F)c(Cl)c1)c1cc([N+](=O)[O-])c(Cl)c(S(=O)(=O)Cl)c1. The smallest absolute Gasteiger partial charge is 0.290 e. The summed E-state index contributed by atoms with van der Waals surface area (Å²) < 4.78 is 36.1. The van der Waals surface area contributed by atoms with E-state index >= 15 is 0 Å². The average molecular weight is 428 g/mol. The number of hydrogen-bond acceptors (Lipinski definition) is 5. The summed E-state index contributed by atoms with van der Waals surface area (Å²) in [6.45, 7) is 0. The Morgan fingerprint density at radius 2 is 1.84 bits per heavy atom. The van der Waals surface area contributed by atoms with Gasteiger partial charge in [-0.2, -0.15) is 0 Å². The molecule has 0 spiro atoms. The van der Waals surface area contributed by atoms with Gasteiger partial charge in [0.1, 0.15) is 15.7 Å². The first kappa shape index (κ1) is 19.4. The molecule has 0 saturated carbocycles. The minimum Gasteiger partial charge on any atom is -0.322 e. The largest absolute Gasteiger partial charge is 0.322 e. The zero-order valence-corrected chi connectivity index (χ0v) is 14.9. The van der Waals surface area contributed by atoms with Crippen molar-refractivity contribution in [3.63, 3.8) is 0 Å². The highest BCUT2D eigenvalue weighted by Crippen LogP contribution is 2.34. The van der Waals surface area contributed by atoms with Crippen LogP contribution in [0.4, 0.5) is 15.8 Å². The summed E-state index contributed by atoms with van der Waals surface area (Å²) in [7, 11) is 0.744. The van der Waals surface area contributed by atoms with Crippen LogP contribution in [0.25, 0.3) is 0 Å². The molecule has 2 rings (SSSR count). The summed E-state index contributed by atoms with van der Waals surface area (Å²) in [6, 6.07) is 4.88. The number of nitrogens with one attached hydrogen (secondary N) is 1. The molecule has 25 heavy (non-hydrogen) atoms. The standard InChI is InChI=1S/C13H6Cl3FN2O5S/c14-8-5-7(1-2-9(8)17)18-13(20)6-3-10(19(21)22)12(15)11(4-6)25(16,23)24/h1-5H,(H,18,20). The molecule has 1 amide bonds. The van der Waals surface area contributed by atoms with Crippen molar-refractivity contribution < 1.29 is 22.5 Å². The highest BCUT2D eigenvalue weighted by Gasteiger charge is 2.27. The van der Waals surface area contributed by atoms with Gasteiger partial charge in [0.05, 0.1) is 9.95 Å². The molecule has 132 valence electrons. The Morgan fingerprint density at radius 1 is 1.20 bits per heavy atom. The number of carbonyl (C=O) groups excluding carboxylic acids is 1. The minimum atomic E-state index is -4.45. The Balaban J connectivity index is 2.50. The first-order valence-electron chi connectivity index (χ1n) is 6.19. The maximum absolute atomic E-state index is 13.1. The normalized spacial score (nSPS) is 11.2. The van der Waals surface area contributed by atoms with Gasteiger partial charge in [0.2, 0.25) is 0 Å². The van der Waals surface area contributed by atoms with Crippen LogP contribution in [0.3, 0.4) is 0 Å². The zero-order valence-electron chi connectivity index (χ0n) is 11.8. The Bertz CT molecular complexity index is 997. The van der Waals surface area contributed by atoms with Crippen LogP contribution in [0.2, 0.25) is 10.0 Å². The number of carbonyl (C=O) groups is 1. The van der Waals surface area contributed by atoms with Crippen LogP contribution in [0.5, 0.6) is 0 Å². The lowest BCUT2D eigenvalue weighted by molar-refractivity contribution is -0.384. The zero-order chi connectivity index (χ0) is 18.9. The van der Waals surface area contributed by atoms with Crippen molar-refractivity contribution in [2.24, 2.45) is 0 Å². The lowest BCUT2D eigenvalue weighted by Crippen LogP contribution is -2.13. The monoisotopic (exact) mass is 426 g/mol. The van der Waals surface area contributed by atoms with E-state index in [2.05, 4.69) is 5.32 Å². The molecule has 7 nitrogen and oxygen atoms in total. The number of halogens is 4. The van der Waals surface area contributed by atoms with Crippen LogP contribution in [-0.2, 0) is 9.05 Å². The fourth-order valence-electron chi connectivity index (χ4n) is 1.80. The van der Waals surface area contributed by atoms with Gasteiger partial charge in [-0.3, -0.25) is 14.9 Å². The van der Waals surface area contributed by atoms with Gasteiger partial charge in [-0.15, -0.1) is 0 Å². The summed E-state index contributed by atoms with van der Waals surface area (Å²) in [5.74, 6) is -1.62. The maximum Gasteiger partial charge on any atom is 0.290 e. The van der Waals surface area contributed by atoms with Gasteiger partial charge < -0.3 is 5.32 Å². The van der Waals surface area contributed by atoms with E-state index in [1.54, 1.807) is 0 Å². The van der Waals surface area contributed by atoms with Crippen molar-refractivity contribution in [3.8, 4) is 0 Å². The molecule has 0 aliphatic carbocycles. The van der Waals surface area contributed by atoms with Crippen LogP contribution in [0.15, 0.2) is 35.2 Å². The molecule has 2 aromatic carbocycles. The molecule has 0 aliphatic rings. The Morgan fingerprint density at radius 3 is 2.36 bits per heavy atom. The van der Waals surface area contributed by atoms with Gasteiger partial charge in [-0.1, -0.05) is 23.2 Å². The Hall–Kier alpha value is -1.94. The molecule has 0 unspecified atom stereocenters. The lowest BCUT2D eigenvalue weighted by atomic mass is 10.2. The molecule has 0 heterocycles. The van der Waals surface area contributed by atoms with Crippen LogP contribution in [0, 0.1) is 15.9 Å². The van der Waals surface area contributed by atoms with Gasteiger partial charge in [0, 0.05) is 28.0 Å². The van der Waals surface area contributed by atoms with Crippen molar-refractivity contribution in [1.29, 1.82) is 0 Å². The van der Waals surface area contributed by atoms with E-state index in [0.717, 1.165) is 24.3 Å². The van der Waals surface area contributed by atoms with E-state index in [1.165, 1.54) is 6.07 Å². The molecule has 0 aromatic heterocycles. The Kier molecular flexibility index (Phi) is 5.52. The fraction of sp³-hybridized carbons (Fsp3) is 0. The quantitative estimate of drug-likeness (QED) is 0.447. The minimum absolute atomic E-state index is 0.0873. The number of nitro benzene ring substituents is 1. The van der Waals surface area contributed by atoms with Crippen molar-refractivity contribution in [1.82, 2.24) is 0 Å². The molecule has 0 saturated heterocycles. The number of benzene rings is 2. The third-order valence-electron chi connectivity index (χ3n) is 2.92. The highest BCUT2D eigenvalue weighted by molar-refractivity contribution is 8.13. The van der Waals surface area contributed by atoms with Gasteiger partial charge in [0.25, 0.3) is 20.6 Å². The third kappa shape index (κ3) is 4.37. The first-order valence-corrected chi connectivity index (χ1v) is 9.26. The maximum atomic E-state index is 13.1. The van der Waals surface area contributed by atoms with Crippen LogP contribution in [-0.4, -0.2) is 19.2 Å². The predicted octanol–water partition coefficient (Wildman–Crippen LogP) is 4.22. The number of anilines is 1. The van der Waals surface area contributed by atoms with Crippen molar-refractivity contribution in [3.05, 3.63) is 61.9 Å². The van der Waals surface area contributed by atoms with Gasteiger partial charge in [-0.05, 0) is 24.3 Å². The second-order valence-corrected chi connectivity index (χ2v) is 7.90. The predicted molar refractivity (Wildman–Crippen MR) is 90.5 cm³/mol. The van der Waals surface area contributed by atoms with Crippen molar-refractivity contribution >= 4 is 60.2 Å². The van der Waals surface area contributed by atoms with E-state index in [-0.39, 0.29) is 10.7 Å². The number of amides is 1. The number of rotatable bonds is 4. The highest BCUT2D eigenvalue weighted by atomic mass is 35.7. The molecule has 2 aromatic rings. The molecule has 0 aliphatic heterocycles. The summed E-state index contributed by atoms with van der Waals surface area (Å²) in [4.78, 5) is 21.5. The molecule has 1 N–H and O–H groups in total. The fourth-order valence-corrected chi connectivity index (χ4v) is 3.53. The molecule has 0 atom stereocenters. The van der Waals surface area contributed by atoms with E-state index in [9.17, 15) is 27.7 Å². The second-order valence-electron chi connectivity index (χ2n) is 4.59. The first-order chi connectivity index (χ1) is 11.5. The molecular formula is C13H6Cl3FN2O5S. The molecule has 0 radical (unpaired) electrons. The van der Waals surface area contributed by atoms with E-state index in [4.69, 9.17) is 33.9 Å².